The van der Waals surface area contributed by atoms with E-state index in [0.717, 1.165) is 42.4 Å². The maximum absolute atomic E-state index is 5.70. The number of benzene rings is 1. The SMILES string of the molecule is CCc1nn(-c2ccc3c(c2)OCCO3)c2c1CCCCN2. The minimum Gasteiger partial charge on any atom is -0.486 e. The first-order chi connectivity index (χ1) is 10.9. The van der Waals surface area contributed by atoms with Crippen LogP contribution in [0.3, 0.4) is 0 Å². The van der Waals surface area contributed by atoms with Gasteiger partial charge in [-0.2, -0.15) is 5.10 Å². The fraction of sp³-hybridized carbons (Fsp3) is 0.471. The lowest BCUT2D eigenvalue weighted by molar-refractivity contribution is 0.171. The van der Waals surface area contributed by atoms with E-state index in [4.69, 9.17) is 14.6 Å². The summed E-state index contributed by atoms with van der Waals surface area (Å²) < 4.78 is 13.3. The molecule has 22 heavy (non-hydrogen) atoms. The largest absolute Gasteiger partial charge is 0.486 e. The molecular weight excluding hydrogens is 278 g/mol. The van der Waals surface area contributed by atoms with E-state index < -0.39 is 0 Å². The number of aryl methyl sites for hydroxylation is 1. The fourth-order valence-electron chi connectivity index (χ4n) is 3.21. The molecule has 1 N–H and O–H groups in total. The van der Waals surface area contributed by atoms with Crippen LogP contribution in [-0.2, 0) is 12.8 Å². The molecule has 116 valence electrons. The number of hydrogen-bond acceptors (Lipinski definition) is 4. The van der Waals surface area contributed by atoms with E-state index in [9.17, 15) is 0 Å². The third-order valence-electron chi connectivity index (χ3n) is 4.32. The lowest BCUT2D eigenvalue weighted by Crippen LogP contribution is -2.15. The summed E-state index contributed by atoms with van der Waals surface area (Å²) in [7, 11) is 0. The second-order valence-corrected chi connectivity index (χ2v) is 5.75. The van der Waals surface area contributed by atoms with Crippen molar-refractivity contribution >= 4 is 5.82 Å². The Hall–Kier alpha value is -2.17. The number of hydrogen-bond donors (Lipinski definition) is 1. The van der Waals surface area contributed by atoms with E-state index in [1.165, 1.54) is 24.1 Å². The summed E-state index contributed by atoms with van der Waals surface area (Å²) in [4.78, 5) is 0. The van der Waals surface area contributed by atoms with Gasteiger partial charge in [0, 0.05) is 18.2 Å². The van der Waals surface area contributed by atoms with Gasteiger partial charge in [-0.05, 0) is 37.8 Å². The van der Waals surface area contributed by atoms with Crippen LogP contribution in [0, 0.1) is 0 Å². The first-order valence-corrected chi connectivity index (χ1v) is 8.11. The zero-order chi connectivity index (χ0) is 14.9. The Morgan fingerprint density at radius 1 is 1.18 bits per heavy atom. The summed E-state index contributed by atoms with van der Waals surface area (Å²) >= 11 is 0. The maximum Gasteiger partial charge on any atom is 0.163 e. The lowest BCUT2D eigenvalue weighted by atomic mass is 10.1. The molecule has 2 aliphatic rings. The number of nitrogens with zero attached hydrogens (tertiary/aromatic N) is 2. The molecule has 3 heterocycles. The number of fused-ring (bicyclic) bond motifs is 2. The molecule has 4 rings (SSSR count). The molecule has 0 amide bonds. The predicted octanol–water partition coefficient (Wildman–Crippen LogP) is 2.95. The molecular formula is C17H21N3O2. The van der Waals surface area contributed by atoms with Crippen molar-refractivity contribution in [1.29, 1.82) is 0 Å². The van der Waals surface area contributed by atoms with Crippen LogP contribution in [0.4, 0.5) is 5.82 Å². The van der Waals surface area contributed by atoms with Gasteiger partial charge >= 0.3 is 0 Å². The van der Waals surface area contributed by atoms with E-state index in [2.05, 4.69) is 12.2 Å². The highest BCUT2D eigenvalue weighted by Gasteiger charge is 2.21. The van der Waals surface area contributed by atoms with Gasteiger partial charge in [-0.3, -0.25) is 0 Å². The summed E-state index contributed by atoms with van der Waals surface area (Å²) in [5.74, 6) is 2.77. The van der Waals surface area contributed by atoms with Gasteiger partial charge in [0.1, 0.15) is 19.0 Å². The third kappa shape index (κ3) is 2.21. The van der Waals surface area contributed by atoms with Gasteiger partial charge in [0.25, 0.3) is 0 Å². The van der Waals surface area contributed by atoms with Crippen molar-refractivity contribution in [1.82, 2.24) is 9.78 Å². The van der Waals surface area contributed by atoms with Crippen LogP contribution in [0.5, 0.6) is 11.5 Å². The van der Waals surface area contributed by atoms with Crippen molar-refractivity contribution in [3.8, 4) is 17.2 Å². The Kier molecular flexibility index (Phi) is 3.41. The molecule has 0 aliphatic carbocycles. The normalized spacial score (nSPS) is 16.6. The summed E-state index contributed by atoms with van der Waals surface area (Å²) in [5.41, 5.74) is 3.59. The van der Waals surface area contributed by atoms with Crippen LogP contribution in [0.2, 0.25) is 0 Å². The average molecular weight is 299 g/mol. The molecule has 5 heteroatoms. The standard InChI is InChI=1S/C17H21N3O2/c1-2-14-13-5-3-4-8-18-17(13)20(19-14)12-6-7-15-16(11-12)22-10-9-21-15/h6-7,11,18H,2-5,8-10H2,1H3. The van der Waals surface area contributed by atoms with E-state index in [1.54, 1.807) is 0 Å². The van der Waals surface area contributed by atoms with Crippen molar-refractivity contribution in [2.75, 3.05) is 25.1 Å². The van der Waals surface area contributed by atoms with Crippen LogP contribution in [0.25, 0.3) is 5.69 Å². The van der Waals surface area contributed by atoms with Crippen LogP contribution in [0.1, 0.15) is 31.0 Å². The first-order valence-electron chi connectivity index (χ1n) is 8.11. The molecule has 0 saturated carbocycles. The molecule has 0 unspecified atom stereocenters. The van der Waals surface area contributed by atoms with Gasteiger partial charge in [-0.15, -0.1) is 0 Å². The van der Waals surface area contributed by atoms with Gasteiger partial charge in [0.15, 0.2) is 11.5 Å². The van der Waals surface area contributed by atoms with Gasteiger partial charge in [-0.25, -0.2) is 4.68 Å². The summed E-state index contributed by atoms with van der Waals surface area (Å²) in [6.07, 6.45) is 4.50. The number of ether oxygens (including phenoxy) is 2. The van der Waals surface area contributed by atoms with Crippen LogP contribution < -0.4 is 14.8 Å². The quantitative estimate of drug-likeness (QED) is 0.926. The highest BCUT2D eigenvalue weighted by Crippen LogP contribution is 2.34. The minimum absolute atomic E-state index is 0.603. The molecule has 0 atom stereocenters. The molecule has 0 spiro atoms. The third-order valence-corrected chi connectivity index (χ3v) is 4.32. The Bertz CT molecular complexity index is 693. The van der Waals surface area contributed by atoms with Crippen LogP contribution in [-0.4, -0.2) is 29.5 Å². The maximum atomic E-state index is 5.70. The van der Waals surface area contributed by atoms with Crippen molar-refractivity contribution in [3.63, 3.8) is 0 Å². The van der Waals surface area contributed by atoms with E-state index in [1.807, 2.05) is 22.9 Å². The monoisotopic (exact) mass is 299 g/mol. The zero-order valence-electron chi connectivity index (χ0n) is 12.9. The van der Waals surface area contributed by atoms with Gasteiger partial charge < -0.3 is 14.8 Å². The summed E-state index contributed by atoms with van der Waals surface area (Å²) in [6.45, 7) is 4.39. The molecule has 0 radical (unpaired) electrons. The smallest absolute Gasteiger partial charge is 0.163 e. The Morgan fingerprint density at radius 2 is 2.05 bits per heavy atom. The average Bonchev–Trinajstić information content (AvgIpc) is 2.75. The summed E-state index contributed by atoms with van der Waals surface area (Å²) in [5, 5.41) is 8.38. The number of aromatic nitrogens is 2. The minimum atomic E-state index is 0.603. The van der Waals surface area contributed by atoms with Crippen LogP contribution >= 0.6 is 0 Å². The van der Waals surface area contributed by atoms with Gasteiger partial charge in [0.05, 0.1) is 11.4 Å². The molecule has 5 nitrogen and oxygen atoms in total. The van der Waals surface area contributed by atoms with E-state index in [-0.39, 0.29) is 0 Å². The second kappa shape index (κ2) is 5.55. The van der Waals surface area contributed by atoms with Crippen molar-refractivity contribution in [3.05, 3.63) is 29.5 Å². The van der Waals surface area contributed by atoms with E-state index >= 15 is 0 Å². The predicted molar refractivity (Wildman–Crippen MR) is 85.4 cm³/mol. The highest BCUT2D eigenvalue weighted by molar-refractivity contribution is 5.57. The van der Waals surface area contributed by atoms with Crippen molar-refractivity contribution in [2.24, 2.45) is 0 Å². The highest BCUT2D eigenvalue weighted by atomic mass is 16.6. The molecule has 1 aromatic carbocycles. The Balaban J connectivity index is 1.80. The van der Waals surface area contributed by atoms with Crippen molar-refractivity contribution in [2.45, 2.75) is 32.6 Å². The van der Waals surface area contributed by atoms with Crippen LogP contribution in [0.15, 0.2) is 18.2 Å². The molecule has 2 aliphatic heterocycles. The molecule has 1 aromatic heterocycles. The Labute approximate surface area is 130 Å². The Morgan fingerprint density at radius 3 is 2.91 bits per heavy atom. The molecule has 0 fully saturated rings. The second-order valence-electron chi connectivity index (χ2n) is 5.75. The number of nitrogens with one attached hydrogen (secondary N) is 1. The summed E-state index contributed by atoms with van der Waals surface area (Å²) in [6, 6.07) is 6.04. The molecule has 0 bridgehead atoms. The van der Waals surface area contributed by atoms with Gasteiger partial charge in [0.2, 0.25) is 0 Å². The lowest BCUT2D eigenvalue weighted by Gasteiger charge is -2.19. The van der Waals surface area contributed by atoms with E-state index in [0.29, 0.717) is 13.2 Å². The number of anilines is 1. The first kappa shape index (κ1) is 13.5. The zero-order valence-corrected chi connectivity index (χ0v) is 12.9. The van der Waals surface area contributed by atoms with Crippen molar-refractivity contribution < 1.29 is 9.47 Å². The fourth-order valence-corrected chi connectivity index (χ4v) is 3.21. The van der Waals surface area contributed by atoms with Gasteiger partial charge in [-0.1, -0.05) is 6.92 Å². The topological polar surface area (TPSA) is 48.3 Å². The molecule has 2 aromatic rings. The number of rotatable bonds is 2. The molecule has 0 saturated heterocycles.